The SMILES string of the molecule is CNCc1ccc(F)c(CN2CCCC(OC)C2)c1. The molecule has 1 aromatic rings. The van der Waals surface area contributed by atoms with Gasteiger partial charge in [0.2, 0.25) is 0 Å². The summed E-state index contributed by atoms with van der Waals surface area (Å²) in [6.07, 6.45) is 2.52. The Morgan fingerprint density at radius 2 is 2.32 bits per heavy atom. The zero-order valence-electron chi connectivity index (χ0n) is 11.8. The number of likely N-dealkylation sites (tertiary alicyclic amines) is 1. The highest BCUT2D eigenvalue weighted by Crippen LogP contribution is 2.18. The van der Waals surface area contributed by atoms with Gasteiger partial charge in [0, 0.05) is 32.3 Å². The summed E-state index contributed by atoms with van der Waals surface area (Å²) in [5.41, 5.74) is 1.91. The zero-order valence-corrected chi connectivity index (χ0v) is 11.8. The largest absolute Gasteiger partial charge is 0.380 e. The first-order valence-corrected chi connectivity index (χ1v) is 6.90. The molecule has 1 saturated heterocycles. The van der Waals surface area contributed by atoms with Crippen LogP contribution >= 0.6 is 0 Å². The molecule has 1 aliphatic rings. The minimum Gasteiger partial charge on any atom is -0.380 e. The Bertz CT molecular complexity index is 411. The van der Waals surface area contributed by atoms with E-state index in [1.807, 2.05) is 19.2 Å². The lowest BCUT2D eigenvalue weighted by Crippen LogP contribution is -2.38. The van der Waals surface area contributed by atoms with Crippen LogP contribution in [0.25, 0.3) is 0 Å². The van der Waals surface area contributed by atoms with Crippen molar-refractivity contribution in [2.45, 2.75) is 32.0 Å². The maximum absolute atomic E-state index is 13.9. The van der Waals surface area contributed by atoms with Crippen molar-refractivity contribution in [3.63, 3.8) is 0 Å². The quantitative estimate of drug-likeness (QED) is 0.884. The van der Waals surface area contributed by atoms with E-state index >= 15 is 0 Å². The Morgan fingerprint density at radius 3 is 3.05 bits per heavy atom. The van der Waals surface area contributed by atoms with Gasteiger partial charge >= 0.3 is 0 Å². The highest BCUT2D eigenvalue weighted by molar-refractivity contribution is 5.25. The Kier molecular flexibility index (Phi) is 5.31. The Morgan fingerprint density at radius 1 is 1.47 bits per heavy atom. The van der Waals surface area contributed by atoms with Crippen LogP contribution < -0.4 is 5.32 Å². The molecular weight excluding hydrogens is 243 g/mol. The molecule has 0 saturated carbocycles. The van der Waals surface area contributed by atoms with E-state index < -0.39 is 0 Å². The lowest BCUT2D eigenvalue weighted by atomic mass is 10.1. The number of benzene rings is 1. The number of nitrogens with one attached hydrogen (secondary N) is 1. The fraction of sp³-hybridized carbons (Fsp3) is 0.600. The third-order valence-electron chi connectivity index (χ3n) is 3.68. The fourth-order valence-corrected chi connectivity index (χ4v) is 2.65. The summed E-state index contributed by atoms with van der Waals surface area (Å²) < 4.78 is 19.3. The van der Waals surface area contributed by atoms with Crippen molar-refractivity contribution in [3.05, 3.63) is 35.1 Å². The number of hydrogen-bond acceptors (Lipinski definition) is 3. The molecule has 1 aromatic carbocycles. The topological polar surface area (TPSA) is 24.5 Å². The third-order valence-corrected chi connectivity index (χ3v) is 3.68. The average Bonchev–Trinajstić information content (AvgIpc) is 2.43. The van der Waals surface area contributed by atoms with E-state index in [9.17, 15) is 4.39 Å². The fourth-order valence-electron chi connectivity index (χ4n) is 2.65. The van der Waals surface area contributed by atoms with E-state index in [0.717, 1.165) is 43.6 Å². The van der Waals surface area contributed by atoms with Crippen molar-refractivity contribution >= 4 is 0 Å². The van der Waals surface area contributed by atoms with Crippen LogP contribution in [-0.2, 0) is 17.8 Å². The Hall–Kier alpha value is -0.970. The van der Waals surface area contributed by atoms with E-state index in [0.29, 0.717) is 6.54 Å². The standard InChI is InChI=1S/C15H23FN2O/c1-17-9-12-5-6-15(16)13(8-12)10-18-7-3-4-14(11-18)19-2/h5-6,8,14,17H,3-4,7,9-11H2,1-2H3. The van der Waals surface area contributed by atoms with Gasteiger partial charge in [-0.2, -0.15) is 0 Å². The third kappa shape index (κ3) is 4.00. The lowest BCUT2D eigenvalue weighted by Gasteiger charge is -2.32. The smallest absolute Gasteiger partial charge is 0.127 e. The van der Waals surface area contributed by atoms with Crippen molar-refractivity contribution in [1.29, 1.82) is 0 Å². The van der Waals surface area contributed by atoms with Crippen molar-refractivity contribution in [3.8, 4) is 0 Å². The number of nitrogens with zero attached hydrogens (tertiary/aromatic N) is 1. The molecule has 1 aliphatic heterocycles. The second-order valence-corrected chi connectivity index (χ2v) is 5.19. The van der Waals surface area contributed by atoms with Gasteiger partial charge in [-0.1, -0.05) is 12.1 Å². The molecule has 1 fully saturated rings. The van der Waals surface area contributed by atoms with Crippen molar-refractivity contribution < 1.29 is 9.13 Å². The minimum atomic E-state index is -0.112. The first kappa shape index (κ1) is 14.4. The van der Waals surface area contributed by atoms with E-state index in [2.05, 4.69) is 10.2 Å². The number of rotatable bonds is 5. The van der Waals surface area contributed by atoms with E-state index in [1.54, 1.807) is 13.2 Å². The molecule has 1 heterocycles. The summed E-state index contributed by atoms with van der Waals surface area (Å²) in [6, 6.07) is 5.37. The van der Waals surface area contributed by atoms with Gasteiger partial charge in [-0.3, -0.25) is 4.90 Å². The number of hydrogen-bond donors (Lipinski definition) is 1. The number of ether oxygens (including phenoxy) is 1. The first-order chi connectivity index (χ1) is 9.22. The van der Waals surface area contributed by atoms with Gasteiger partial charge in [0.1, 0.15) is 5.82 Å². The predicted octanol–water partition coefficient (Wildman–Crippen LogP) is 2.16. The summed E-state index contributed by atoms with van der Waals surface area (Å²) in [7, 11) is 3.65. The summed E-state index contributed by atoms with van der Waals surface area (Å²) in [6.45, 7) is 3.36. The van der Waals surface area contributed by atoms with Crippen LogP contribution in [0.1, 0.15) is 24.0 Å². The highest BCUT2D eigenvalue weighted by atomic mass is 19.1. The molecule has 0 spiro atoms. The molecule has 4 heteroatoms. The second kappa shape index (κ2) is 6.98. The van der Waals surface area contributed by atoms with E-state index in [-0.39, 0.29) is 11.9 Å². The van der Waals surface area contributed by atoms with Crippen LogP contribution in [0.3, 0.4) is 0 Å². The highest BCUT2D eigenvalue weighted by Gasteiger charge is 2.20. The molecule has 106 valence electrons. The molecule has 19 heavy (non-hydrogen) atoms. The monoisotopic (exact) mass is 266 g/mol. The second-order valence-electron chi connectivity index (χ2n) is 5.19. The van der Waals surface area contributed by atoms with Crippen molar-refractivity contribution in [2.24, 2.45) is 0 Å². The average molecular weight is 266 g/mol. The summed E-state index contributed by atoms with van der Waals surface area (Å²) >= 11 is 0. The van der Waals surface area contributed by atoms with E-state index in [4.69, 9.17) is 4.74 Å². The predicted molar refractivity (Wildman–Crippen MR) is 74.5 cm³/mol. The molecule has 0 radical (unpaired) electrons. The maximum atomic E-state index is 13.9. The van der Waals surface area contributed by atoms with Crippen LogP contribution in [-0.4, -0.2) is 38.3 Å². The first-order valence-electron chi connectivity index (χ1n) is 6.90. The van der Waals surface area contributed by atoms with Gasteiger partial charge in [-0.05, 0) is 38.1 Å². The molecule has 1 unspecified atom stereocenters. The molecule has 2 rings (SSSR count). The normalized spacial score (nSPS) is 20.7. The molecule has 3 nitrogen and oxygen atoms in total. The van der Waals surface area contributed by atoms with Crippen molar-refractivity contribution in [2.75, 3.05) is 27.2 Å². The van der Waals surface area contributed by atoms with Gasteiger partial charge in [0.25, 0.3) is 0 Å². The molecule has 0 bridgehead atoms. The van der Waals surface area contributed by atoms with Gasteiger partial charge in [0.15, 0.2) is 0 Å². The van der Waals surface area contributed by atoms with Crippen LogP contribution in [0.15, 0.2) is 18.2 Å². The summed E-state index contributed by atoms with van der Waals surface area (Å²) in [4.78, 5) is 2.28. The van der Waals surface area contributed by atoms with Gasteiger partial charge in [-0.25, -0.2) is 4.39 Å². The molecule has 1 N–H and O–H groups in total. The molecule has 1 atom stereocenters. The van der Waals surface area contributed by atoms with Gasteiger partial charge < -0.3 is 10.1 Å². The molecular formula is C15H23FN2O. The Balaban J connectivity index is 2.03. The summed E-state index contributed by atoms with van der Waals surface area (Å²) in [5.74, 6) is -0.112. The number of piperidine rings is 1. The minimum absolute atomic E-state index is 0.112. The van der Waals surface area contributed by atoms with Crippen LogP contribution in [0.2, 0.25) is 0 Å². The van der Waals surface area contributed by atoms with E-state index in [1.165, 1.54) is 0 Å². The van der Waals surface area contributed by atoms with Crippen LogP contribution in [0, 0.1) is 5.82 Å². The Labute approximate surface area is 114 Å². The lowest BCUT2D eigenvalue weighted by molar-refractivity contribution is 0.0282. The van der Waals surface area contributed by atoms with Crippen LogP contribution in [0.5, 0.6) is 0 Å². The van der Waals surface area contributed by atoms with Gasteiger partial charge in [0.05, 0.1) is 6.10 Å². The van der Waals surface area contributed by atoms with Crippen LogP contribution in [0.4, 0.5) is 4.39 Å². The van der Waals surface area contributed by atoms with Gasteiger partial charge in [-0.15, -0.1) is 0 Å². The molecule has 0 aliphatic carbocycles. The molecule has 0 amide bonds. The summed E-state index contributed by atoms with van der Waals surface area (Å²) in [5, 5.41) is 3.09. The zero-order chi connectivity index (χ0) is 13.7. The number of methoxy groups -OCH3 is 1. The molecule has 0 aromatic heterocycles. The van der Waals surface area contributed by atoms with Crippen molar-refractivity contribution in [1.82, 2.24) is 10.2 Å². The number of halogens is 1. The maximum Gasteiger partial charge on any atom is 0.127 e.